The Labute approximate surface area is 175 Å². The Hall–Kier alpha value is -2.56. The van der Waals surface area contributed by atoms with Gasteiger partial charge in [-0.25, -0.2) is 0 Å². The Morgan fingerprint density at radius 2 is 1.83 bits per heavy atom. The molecule has 0 heterocycles. The monoisotopic (exact) mass is 393 g/mol. The van der Waals surface area contributed by atoms with Gasteiger partial charge in [0, 0.05) is 55.2 Å². The lowest BCUT2D eigenvalue weighted by atomic mass is 9.79. The highest BCUT2D eigenvalue weighted by molar-refractivity contribution is 6.08. The molecule has 0 aromatic heterocycles. The zero-order valence-electron chi connectivity index (χ0n) is 17.5. The third kappa shape index (κ3) is 6.48. The number of hydrogen-bond donors (Lipinski definition) is 5. The molecule has 29 heavy (non-hydrogen) atoms. The molecule has 2 fully saturated rings. The molecule has 0 saturated heterocycles. The summed E-state index contributed by atoms with van der Waals surface area (Å²) >= 11 is 0. The van der Waals surface area contributed by atoms with Crippen molar-refractivity contribution >= 4 is 23.7 Å². The summed E-state index contributed by atoms with van der Waals surface area (Å²) in [7, 11) is 0. The summed E-state index contributed by atoms with van der Waals surface area (Å²) in [6.45, 7) is 3.97. The molecule has 2 aliphatic carbocycles. The van der Waals surface area contributed by atoms with Crippen LogP contribution < -0.4 is 16.0 Å². The molecule has 2 aliphatic rings. The number of hydrogen-bond acceptors (Lipinski definition) is 5. The van der Waals surface area contributed by atoms with E-state index in [1.807, 2.05) is 12.4 Å². The first-order valence-corrected chi connectivity index (χ1v) is 11.0. The maximum absolute atomic E-state index is 7.73. The quantitative estimate of drug-likeness (QED) is 0.351. The lowest BCUT2D eigenvalue weighted by molar-refractivity contribution is 0.317. The molecule has 5 heteroatoms. The van der Waals surface area contributed by atoms with Crippen LogP contribution in [-0.4, -0.2) is 31.6 Å². The van der Waals surface area contributed by atoms with Crippen molar-refractivity contribution in [3.05, 3.63) is 47.8 Å². The van der Waals surface area contributed by atoms with Crippen molar-refractivity contribution in [2.24, 2.45) is 11.8 Å². The lowest BCUT2D eigenvalue weighted by Crippen LogP contribution is -2.23. The van der Waals surface area contributed by atoms with Crippen molar-refractivity contribution in [2.45, 2.75) is 51.5 Å². The largest absolute Gasteiger partial charge is 0.391 e. The van der Waals surface area contributed by atoms with Crippen molar-refractivity contribution in [2.75, 3.05) is 18.4 Å². The topological polar surface area (TPSA) is 83.8 Å². The molecule has 0 atom stereocenters. The fourth-order valence-electron chi connectivity index (χ4n) is 3.93. The molecule has 0 unspecified atom stereocenters. The van der Waals surface area contributed by atoms with Gasteiger partial charge in [-0.1, -0.05) is 12.1 Å². The summed E-state index contributed by atoms with van der Waals surface area (Å²) in [5.41, 5.74) is 4.26. The minimum Gasteiger partial charge on any atom is -0.391 e. The average Bonchev–Trinajstić information content (AvgIpc) is 3.59. The van der Waals surface area contributed by atoms with Crippen LogP contribution in [0.3, 0.4) is 0 Å². The van der Waals surface area contributed by atoms with Crippen LogP contribution in [0, 0.1) is 22.7 Å². The van der Waals surface area contributed by atoms with Crippen LogP contribution in [-0.2, 0) is 0 Å². The molecule has 1 aromatic carbocycles. The van der Waals surface area contributed by atoms with Gasteiger partial charge in [0.05, 0.1) is 0 Å². The fraction of sp³-hybridized carbons (Fsp3) is 0.500. The molecule has 3 rings (SSSR count). The minimum absolute atomic E-state index is 0.519. The van der Waals surface area contributed by atoms with Crippen LogP contribution in [0.25, 0.3) is 5.57 Å². The molecule has 156 valence electrons. The van der Waals surface area contributed by atoms with E-state index in [2.05, 4.69) is 47.1 Å². The van der Waals surface area contributed by atoms with Gasteiger partial charge in [0.25, 0.3) is 0 Å². The highest BCUT2D eigenvalue weighted by Gasteiger charge is 2.23. The molecule has 0 radical (unpaired) electrons. The fourth-order valence-corrected chi connectivity index (χ4v) is 3.93. The first-order chi connectivity index (χ1) is 14.2. The van der Waals surface area contributed by atoms with Gasteiger partial charge in [0.2, 0.25) is 0 Å². The van der Waals surface area contributed by atoms with Gasteiger partial charge in [-0.3, -0.25) is 0 Å². The van der Waals surface area contributed by atoms with E-state index in [1.54, 1.807) is 0 Å². The van der Waals surface area contributed by atoms with E-state index in [9.17, 15) is 0 Å². The normalized spacial score (nSPS) is 22.7. The predicted octanol–water partition coefficient (Wildman–Crippen LogP) is 4.79. The molecule has 2 saturated carbocycles. The van der Waals surface area contributed by atoms with Gasteiger partial charge < -0.3 is 26.8 Å². The summed E-state index contributed by atoms with van der Waals surface area (Å²) in [6.07, 6.45) is 14.1. The summed E-state index contributed by atoms with van der Waals surface area (Å²) in [5.74, 6) is 1.20. The van der Waals surface area contributed by atoms with Crippen molar-refractivity contribution < 1.29 is 0 Å². The van der Waals surface area contributed by atoms with Crippen molar-refractivity contribution in [1.82, 2.24) is 10.6 Å². The number of allylic oxidation sites excluding steroid dienone is 2. The van der Waals surface area contributed by atoms with Gasteiger partial charge in [-0.2, -0.15) is 0 Å². The van der Waals surface area contributed by atoms with Crippen molar-refractivity contribution in [1.29, 1.82) is 10.8 Å². The van der Waals surface area contributed by atoms with E-state index >= 15 is 0 Å². The maximum Gasteiger partial charge on any atom is 0.0346 e. The van der Waals surface area contributed by atoms with E-state index in [-0.39, 0.29) is 0 Å². The third-order valence-electron chi connectivity index (χ3n) is 5.96. The van der Waals surface area contributed by atoms with Crippen molar-refractivity contribution in [3.8, 4) is 0 Å². The van der Waals surface area contributed by atoms with E-state index in [4.69, 9.17) is 10.8 Å². The smallest absolute Gasteiger partial charge is 0.0346 e. The molecular formula is C24H35N5. The van der Waals surface area contributed by atoms with E-state index in [0.717, 1.165) is 48.3 Å². The van der Waals surface area contributed by atoms with Crippen molar-refractivity contribution in [3.63, 3.8) is 0 Å². The second-order valence-electron chi connectivity index (χ2n) is 8.21. The molecule has 5 N–H and O–H groups in total. The molecular weight excluding hydrogens is 358 g/mol. The van der Waals surface area contributed by atoms with Crippen LogP contribution in [0.1, 0.15) is 51.0 Å². The Morgan fingerprint density at radius 3 is 2.48 bits per heavy atom. The van der Waals surface area contributed by atoms with Gasteiger partial charge >= 0.3 is 0 Å². The van der Waals surface area contributed by atoms with Gasteiger partial charge in [-0.15, -0.1) is 0 Å². The van der Waals surface area contributed by atoms with Crippen LogP contribution in [0.2, 0.25) is 0 Å². The number of rotatable bonds is 11. The predicted molar refractivity (Wildman–Crippen MR) is 124 cm³/mol. The first-order valence-electron chi connectivity index (χ1n) is 11.0. The maximum atomic E-state index is 7.73. The van der Waals surface area contributed by atoms with Crippen LogP contribution >= 0.6 is 0 Å². The second-order valence-corrected chi connectivity index (χ2v) is 8.21. The Morgan fingerprint density at radius 1 is 1.03 bits per heavy atom. The van der Waals surface area contributed by atoms with Crippen LogP contribution in [0.5, 0.6) is 0 Å². The molecule has 5 nitrogen and oxygen atoms in total. The summed E-state index contributed by atoms with van der Waals surface area (Å²) < 4.78 is 0. The number of nitrogens with one attached hydrogen (secondary N) is 5. The Kier molecular flexibility index (Phi) is 7.91. The average molecular weight is 394 g/mol. The van der Waals surface area contributed by atoms with Gasteiger partial charge in [0.15, 0.2) is 0 Å². The summed E-state index contributed by atoms with van der Waals surface area (Å²) in [6, 6.07) is 8.98. The second kappa shape index (κ2) is 10.8. The summed E-state index contributed by atoms with van der Waals surface area (Å²) in [4.78, 5) is 0. The van der Waals surface area contributed by atoms with Crippen LogP contribution in [0.15, 0.2) is 42.2 Å². The van der Waals surface area contributed by atoms with Gasteiger partial charge in [0.1, 0.15) is 0 Å². The number of benzene rings is 1. The van der Waals surface area contributed by atoms with E-state index < -0.39 is 0 Å². The molecule has 0 aliphatic heterocycles. The SMILES string of the molecule is CCN/C=C(\C=N)C1CCC(CNc2cccc(/C(C=N)=C/NC3CC3)c2)CC1. The van der Waals surface area contributed by atoms with E-state index in [0.29, 0.717) is 17.9 Å². The molecule has 0 bridgehead atoms. The highest BCUT2D eigenvalue weighted by Crippen LogP contribution is 2.33. The van der Waals surface area contributed by atoms with E-state index in [1.165, 1.54) is 38.1 Å². The zero-order chi connectivity index (χ0) is 20.5. The zero-order valence-corrected chi connectivity index (χ0v) is 17.5. The third-order valence-corrected chi connectivity index (χ3v) is 5.96. The standard InChI is InChI=1S/C24H35N5/c1-2-27-16-21(13-25)19-8-6-18(7-9-19)15-28-24-5-3-4-20(12-24)22(14-26)17-29-23-10-11-23/h3-5,12-14,16-19,23,25-29H,2,6-11,15H2,1H3/b21-16+,22-17+,25-13?,26-14?. The Bertz CT molecular complexity index is 739. The highest BCUT2D eigenvalue weighted by atomic mass is 14.9. The van der Waals surface area contributed by atoms with Gasteiger partial charge in [-0.05, 0) is 80.6 Å². The minimum atomic E-state index is 0.519. The molecule has 0 spiro atoms. The Balaban J connectivity index is 1.50. The van der Waals surface area contributed by atoms with Crippen LogP contribution in [0.4, 0.5) is 5.69 Å². The molecule has 0 amide bonds. The summed E-state index contributed by atoms with van der Waals surface area (Å²) in [5, 5.41) is 25.6. The lowest BCUT2D eigenvalue weighted by Gasteiger charge is -2.29. The number of anilines is 1. The first kappa shape index (κ1) is 21.2. The molecule has 1 aromatic rings.